The molecule has 0 aliphatic carbocycles. The molecule has 0 heterocycles. The minimum absolute atomic E-state index is 0.0248. The number of ether oxygens (including phenoxy) is 1. The maximum absolute atomic E-state index is 10.4. The molecule has 0 saturated heterocycles. The molecule has 0 aromatic heterocycles. The van der Waals surface area contributed by atoms with Crippen LogP contribution in [0.5, 0.6) is 11.5 Å². The molecule has 2 N–H and O–H groups in total. The fourth-order valence-electron chi connectivity index (χ4n) is 0.993. The average molecular weight is 182 g/mol. The highest BCUT2D eigenvalue weighted by Crippen LogP contribution is 2.22. The van der Waals surface area contributed by atoms with Gasteiger partial charge in [0.2, 0.25) is 0 Å². The van der Waals surface area contributed by atoms with Crippen LogP contribution in [-0.4, -0.2) is 23.3 Å². The number of phenols is 1. The van der Waals surface area contributed by atoms with E-state index in [1.807, 2.05) is 0 Å². The summed E-state index contributed by atoms with van der Waals surface area (Å²) in [5.74, 6) is -0.471. The molecular formula is C9H10O4. The molecule has 0 amide bonds. The van der Waals surface area contributed by atoms with Crippen molar-refractivity contribution in [3.05, 3.63) is 23.8 Å². The van der Waals surface area contributed by atoms with Gasteiger partial charge in [-0.15, -0.1) is 0 Å². The maximum atomic E-state index is 10.4. The van der Waals surface area contributed by atoms with Crippen LogP contribution in [0, 0.1) is 0 Å². The molecule has 1 aromatic carbocycles. The Morgan fingerprint density at radius 1 is 1.54 bits per heavy atom. The molecule has 1 rings (SSSR count). The van der Waals surface area contributed by atoms with Gasteiger partial charge in [-0.05, 0) is 18.2 Å². The first-order chi connectivity index (χ1) is 6.13. The lowest BCUT2D eigenvalue weighted by atomic mass is 10.1. The van der Waals surface area contributed by atoms with E-state index >= 15 is 0 Å². The van der Waals surface area contributed by atoms with Crippen LogP contribution in [0.4, 0.5) is 0 Å². The van der Waals surface area contributed by atoms with Gasteiger partial charge in [0.25, 0.3) is 0 Å². The topological polar surface area (TPSA) is 66.8 Å². The molecule has 0 spiro atoms. The van der Waals surface area contributed by atoms with E-state index in [4.69, 9.17) is 9.84 Å². The molecule has 4 nitrogen and oxygen atoms in total. The van der Waals surface area contributed by atoms with Gasteiger partial charge in [-0.1, -0.05) is 0 Å². The predicted molar refractivity (Wildman–Crippen MR) is 46.0 cm³/mol. The Morgan fingerprint density at radius 3 is 2.77 bits per heavy atom. The Bertz CT molecular complexity index is 319. The smallest absolute Gasteiger partial charge is 0.307 e. The van der Waals surface area contributed by atoms with Crippen LogP contribution in [-0.2, 0) is 11.2 Å². The highest BCUT2D eigenvalue weighted by Gasteiger charge is 2.06. The van der Waals surface area contributed by atoms with Gasteiger partial charge >= 0.3 is 5.97 Å². The van der Waals surface area contributed by atoms with E-state index in [2.05, 4.69) is 0 Å². The van der Waals surface area contributed by atoms with Crippen LogP contribution in [0.1, 0.15) is 5.56 Å². The number of hydrogen-bond donors (Lipinski definition) is 2. The molecule has 0 saturated carbocycles. The van der Waals surface area contributed by atoms with Gasteiger partial charge in [0, 0.05) is 5.56 Å². The third kappa shape index (κ3) is 2.37. The fourth-order valence-corrected chi connectivity index (χ4v) is 0.993. The molecule has 0 fully saturated rings. The first-order valence-electron chi connectivity index (χ1n) is 3.71. The lowest BCUT2D eigenvalue weighted by Gasteiger charge is -2.04. The number of aromatic hydroxyl groups is 1. The average Bonchev–Trinajstić information content (AvgIpc) is 2.08. The monoisotopic (exact) mass is 182 g/mol. The van der Waals surface area contributed by atoms with Crippen molar-refractivity contribution in [1.29, 1.82) is 0 Å². The second-order valence-electron chi connectivity index (χ2n) is 2.57. The molecule has 0 atom stereocenters. The van der Waals surface area contributed by atoms with Gasteiger partial charge in [-0.3, -0.25) is 4.79 Å². The number of carboxylic acids is 1. The summed E-state index contributed by atoms with van der Waals surface area (Å²) in [6.45, 7) is 0. The fraction of sp³-hybridized carbons (Fsp3) is 0.222. The summed E-state index contributed by atoms with van der Waals surface area (Å²) < 4.78 is 4.89. The second kappa shape index (κ2) is 3.80. The minimum Gasteiger partial charge on any atom is -0.508 e. The van der Waals surface area contributed by atoms with Gasteiger partial charge in [0.15, 0.2) is 0 Å². The van der Waals surface area contributed by atoms with E-state index in [0.717, 1.165) is 0 Å². The van der Waals surface area contributed by atoms with Crippen LogP contribution in [0.15, 0.2) is 18.2 Å². The molecular weight excluding hydrogens is 172 g/mol. The zero-order valence-electron chi connectivity index (χ0n) is 7.15. The van der Waals surface area contributed by atoms with Crippen LogP contribution in [0.25, 0.3) is 0 Å². The second-order valence-corrected chi connectivity index (χ2v) is 2.57. The molecule has 0 aliphatic rings. The normalized spacial score (nSPS) is 9.62. The Hall–Kier alpha value is -1.71. The van der Waals surface area contributed by atoms with E-state index in [9.17, 15) is 9.90 Å². The first kappa shape index (κ1) is 9.38. The summed E-state index contributed by atoms with van der Waals surface area (Å²) in [4.78, 5) is 10.4. The van der Waals surface area contributed by atoms with Crippen LogP contribution >= 0.6 is 0 Å². The standard InChI is InChI=1S/C9H10O4/c1-13-7-2-3-8(10)6(4-7)5-9(11)12/h2-4,10H,5H2,1H3,(H,11,12). The lowest BCUT2D eigenvalue weighted by Crippen LogP contribution is -2.00. The lowest BCUT2D eigenvalue weighted by molar-refractivity contribution is -0.136. The molecule has 0 radical (unpaired) electrons. The summed E-state index contributed by atoms with van der Waals surface area (Å²) >= 11 is 0. The van der Waals surface area contributed by atoms with Gasteiger partial charge in [0.1, 0.15) is 11.5 Å². The number of aliphatic carboxylic acids is 1. The highest BCUT2D eigenvalue weighted by atomic mass is 16.5. The molecule has 1 aromatic rings. The SMILES string of the molecule is COc1ccc(O)c(CC(=O)O)c1. The largest absolute Gasteiger partial charge is 0.508 e. The Balaban J connectivity index is 2.96. The Morgan fingerprint density at radius 2 is 2.23 bits per heavy atom. The van der Waals surface area contributed by atoms with E-state index in [1.54, 1.807) is 6.07 Å². The zero-order chi connectivity index (χ0) is 9.84. The number of benzene rings is 1. The van der Waals surface area contributed by atoms with Crippen molar-refractivity contribution in [2.45, 2.75) is 6.42 Å². The van der Waals surface area contributed by atoms with E-state index in [1.165, 1.54) is 19.2 Å². The Labute approximate surface area is 75.4 Å². The number of rotatable bonds is 3. The summed E-state index contributed by atoms with van der Waals surface area (Å²) in [7, 11) is 1.48. The summed E-state index contributed by atoms with van der Waals surface area (Å²) in [6, 6.07) is 4.49. The quantitative estimate of drug-likeness (QED) is 0.732. The van der Waals surface area contributed by atoms with Crippen molar-refractivity contribution < 1.29 is 19.7 Å². The summed E-state index contributed by atoms with van der Waals surface area (Å²) in [6.07, 6.45) is -0.205. The third-order valence-electron chi connectivity index (χ3n) is 1.63. The summed E-state index contributed by atoms with van der Waals surface area (Å²) in [5.41, 5.74) is 0.354. The van der Waals surface area contributed by atoms with Crippen molar-refractivity contribution in [2.24, 2.45) is 0 Å². The van der Waals surface area contributed by atoms with Crippen LogP contribution in [0.3, 0.4) is 0 Å². The molecule has 0 bridgehead atoms. The predicted octanol–water partition coefficient (Wildman–Crippen LogP) is 1.03. The van der Waals surface area contributed by atoms with Crippen molar-refractivity contribution in [1.82, 2.24) is 0 Å². The number of carboxylic acid groups (broad SMARTS) is 1. The molecule has 0 aliphatic heterocycles. The number of phenolic OH excluding ortho intramolecular Hbond substituents is 1. The number of hydrogen-bond acceptors (Lipinski definition) is 3. The zero-order valence-corrected chi connectivity index (χ0v) is 7.15. The third-order valence-corrected chi connectivity index (χ3v) is 1.63. The van der Waals surface area contributed by atoms with E-state index in [-0.39, 0.29) is 12.2 Å². The van der Waals surface area contributed by atoms with Crippen molar-refractivity contribution in [2.75, 3.05) is 7.11 Å². The molecule has 70 valence electrons. The molecule has 13 heavy (non-hydrogen) atoms. The van der Waals surface area contributed by atoms with Crippen LogP contribution in [0.2, 0.25) is 0 Å². The molecule has 4 heteroatoms. The van der Waals surface area contributed by atoms with E-state index < -0.39 is 5.97 Å². The van der Waals surface area contributed by atoms with Crippen LogP contribution < -0.4 is 4.74 Å². The summed E-state index contributed by atoms with van der Waals surface area (Å²) in [5, 5.41) is 17.8. The van der Waals surface area contributed by atoms with Gasteiger partial charge in [0.05, 0.1) is 13.5 Å². The maximum Gasteiger partial charge on any atom is 0.307 e. The number of methoxy groups -OCH3 is 1. The highest BCUT2D eigenvalue weighted by molar-refractivity contribution is 5.71. The van der Waals surface area contributed by atoms with E-state index in [0.29, 0.717) is 11.3 Å². The van der Waals surface area contributed by atoms with Crippen molar-refractivity contribution in [3.8, 4) is 11.5 Å². The first-order valence-corrected chi connectivity index (χ1v) is 3.71. The van der Waals surface area contributed by atoms with Gasteiger partial charge in [-0.2, -0.15) is 0 Å². The number of carbonyl (C=O) groups is 1. The minimum atomic E-state index is -0.983. The van der Waals surface area contributed by atoms with Crippen molar-refractivity contribution >= 4 is 5.97 Å². The van der Waals surface area contributed by atoms with Crippen molar-refractivity contribution in [3.63, 3.8) is 0 Å². The van der Waals surface area contributed by atoms with Gasteiger partial charge in [-0.25, -0.2) is 0 Å². The van der Waals surface area contributed by atoms with Gasteiger partial charge < -0.3 is 14.9 Å². The molecule has 0 unspecified atom stereocenters. The Kier molecular flexibility index (Phi) is 2.74.